The van der Waals surface area contributed by atoms with Crippen LogP contribution in [0.1, 0.15) is 24.8 Å². The molecule has 90 valence electrons. The number of nitrogens with zero attached hydrogens (tertiary/aromatic N) is 1. The molecule has 1 aromatic carbocycles. The first-order chi connectivity index (χ1) is 8.34. The van der Waals surface area contributed by atoms with Gasteiger partial charge < -0.3 is 0 Å². The van der Waals surface area contributed by atoms with Crippen LogP contribution in [0.25, 0.3) is 0 Å². The summed E-state index contributed by atoms with van der Waals surface area (Å²) in [6.45, 7) is 1.10. The molecule has 3 rings (SSSR count). The molecule has 2 heteroatoms. The van der Waals surface area contributed by atoms with Gasteiger partial charge in [0.05, 0.1) is 4.05 Å². The van der Waals surface area contributed by atoms with Crippen molar-refractivity contribution < 1.29 is 0 Å². The van der Waals surface area contributed by atoms with Crippen LogP contribution in [0.2, 0.25) is 0 Å². The fourth-order valence-corrected chi connectivity index (χ4v) is 3.49. The summed E-state index contributed by atoms with van der Waals surface area (Å²) in [5.41, 5.74) is 1.44. The minimum absolute atomic E-state index is 0.656. The lowest BCUT2D eigenvalue weighted by molar-refractivity contribution is 0.185. The second-order valence-corrected chi connectivity index (χ2v) is 6.52. The first kappa shape index (κ1) is 11.7. The largest absolute Gasteiger partial charge is 0.280 e. The number of rotatable bonds is 3. The first-order valence-electron chi connectivity index (χ1n) is 6.45. The standard InChI is InChI=1S/C15H18IN/c16-15-8-4-7-14(13-9-10-13)17(15)11-12-5-2-1-3-6-12/h1-7,13-15H,8-11H2. The summed E-state index contributed by atoms with van der Waals surface area (Å²) in [5.74, 6) is 0.924. The van der Waals surface area contributed by atoms with Crippen molar-refractivity contribution in [3.8, 4) is 0 Å². The maximum atomic E-state index is 2.67. The summed E-state index contributed by atoms with van der Waals surface area (Å²) in [5, 5.41) is 0. The second-order valence-electron chi connectivity index (χ2n) is 5.08. The second kappa shape index (κ2) is 5.11. The van der Waals surface area contributed by atoms with Crippen molar-refractivity contribution in [3.05, 3.63) is 48.0 Å². The Bertz CT molecular complexity index is 397. The quantitative estimate of drug-likeness (QED) is 0.348. The van der Waals surface area contributed by atoms with E-state index in [1.165, 1.54) is 24.8 Å². The van der Waals surface area contributed by atoms with E-state index >= 15 is 0 Å². The van der Waals surface area contributed by atoms with Gasteiger partial charge in [-0.1, -0.05) is 65.1 Å². The van der Waals surface area contributed by atoms with Gasteiger partial charge in [-0.15, -0.1) is 0 Å². The molecule has 1 fully saturated rings. The van der Waals surface area contributed by atoms with E-state index in [2.05, 4.69) is 70.0 Å². The maximum absolute atomic E-state index is 2.67. The third kappa shape index (κ3) is 2.74. The van der Waals surface area contributed by atoms with Crippen molar-refractivity contribution in [1.82, 2.24) is 4.90 Å². The highest BCUT2D eigenvalue weighted by Gasteiger charge is 2.37. The van der Waals surface area contributed by atoms with Gasteiger partial charge in [-0.05, 0) is 30.7 Å². The highest BCUT2D eigenvalue weighted by Crippen LogP contribution is 2.40. The zero-order chi connectivity index (χ0) is 11.7. The highest BCUT2D eigenvalue weighted by atomic mass is 127. The third-order valence-electron chi connectivity index (χ3n) is 3.72. The number of alkyl halides is 1. The van der Waals surface area contributed by atoms with Gasteiger partial charge in [-0.3, -0.25) is 4.90 Å². The van der Waals surface area contributed by atoms with E-state index < -0.39 is 0 Å². The third-order valence-corrected chi connectivity index (χ3v) is 4.94. The minimum Gasteiger partial charge on any atom is -0.280 e. The molecule has 0 saturated heterocycles. The smallest absolute Gasteiger partial charge is 0.0661 e. The molecule has 1 aliphatic heterocycles. The average Bonchev–Trinajstić information content (AvgIpc) is 3.17. The van der Waals surface area contributed by atoms with Gasteiger partial charge >= 0.3 is 0 Å². The van der Waals surface area contributed by atoms with E-state index in [-0.39, 0.29) is 0 Å². The van der Waals surface area contributed by atoms with E-state index in [0.717, 1.165) is 12.5 Å². The lowest BCUT2D eigenvalue weighted by Crippen LogP contribution is -2.42. The summed E-state index contributed by atoms with van der Waals surface area (Å²) >= 11 is 2.60. The van der Waals surface area contributed by atoms with E-state index in [9.17, 15) is 0 Å². The molecule has 0 amide bonds. The molecule has 0 aromatic heterocycles. The molecule has 0 N–H and O–H groups in total. The Kier molecular flexibility index (Phi) is 3.52. The van der Waals surface area contributed by atoms with E-state index in [1.54, 1.807) is 0 Å². The van der Waals surface area contributed by atoms with Crippen molar-refractivity contribution in [2.75, 3.05) is 0 Å². The van der Waals surface area contributed by atoms with Crippen molar-refractivity contribution in [1.29, 1.82) is 0 Å². The Morgan fingerprint density at radius 1 is 1.18 bits per heavy atom. The summed E-state index contributed by atoms with van der Waals surface area (Å²) in [6.07, 6.45) is 8.85. The van der Waals surface area contributed by atoms with Crippen LogP contribution < -0.4 is 0 Å². The normalized spacial score (nSPS) is 29.5. The van der Waals surface area contributed by atoms with Crippen molar-refractivity contribution >= 4 is 22.6 Å². The number of halogens is 1. The number of benzene rings is 1. The van der Waals surface area contributed by atoms with Crippen LogP contribution in [-0.4, -0.2) is 15.0 Å². The zero-order valence-electron chi connectivity index (χ0n) is 9.93. The zero-order valence-corrected chi connectivity index (χ0v) is 12.1. The van der Waals surface area contributed by atoms with E-state index in [0.29, 0.717) is 10.1 Å². The van der Waals surface area contributed by atoms with Crippen LogP contribution in [0.15, 0.2) is 42.5 Å². The molecule has 2 aliphatic rings. The van der Waals surface area contributed by atoms with Gasteiger partial charge in [0, 0.05) is 12.6 Å². The number of hydrogen-bond acceptors (Lipinski definition) is 1. The topological polar surface area (TPSA) is 3.24 Å². The maximum Gasteiger partial charge on any atom is 0.0661 e. The van der Waals surface area contributed by atoms with Crippen molar-refractivity contribution in [2.24, 2.45) is 5.92 Å². The molecule has 0 radical (unpaired) electrons. The van der Waals surface area contributed by atoms with Crippen molar-refractivity contribution in [2.45, 2.75) is 35.9 Å². The average molecular weight is 339 g/mol. The van der Waals surface area contributed by atoms with Gasteiger partial charge in [0.15, 0.2) is 0 Å². The van der Waals surface area contributed by atoms with Crippen LogP contribution in [0, 0.1) is 5.92 Å². The molecule has 1 saturated carbocycles. The fourth-order valence-electron chi connectivity index (χ4n) is 2.63. The van der Waals surface area contributed by atoms with Crippen LogP contribution in [0.4, 0.5) is 0 Å². The van der Waals surface area contributed by atoms with E-state index in [1.807, 2.05) is 0 Å². The predicted molar refractivity (Wildman–Crippen MR) is 80.1 cm³/mol. The van der Waals surface area contributed by atoms with E-state index in [4.69, 9.17) is 0 Å². The number of hydrogen-bond donors (Lipinski definition) is 0. The Morgan fingerprint density at radius 2 is 1.94 bits per heavy atom. The van der Waals surface area contributed by atoms with Crippen molar-refractivity contribution in [3.63, 3.8) is 0 Å². The van der Waals surface area contributed by atoms with Gasteiger partial charge in [0.25, 0.3) is 0 Å². The van der Waals surface area contributed by atoms with Crippen LogP contribution in [0.3, 0.4) is 0 Å². The van der Waals surface area contributed by atoms with Gasteiger partial charge in [0.2, 0.25) is 0 Å². The predicted octanol–water partition coefficient (Wildman–Crippen LogP) is 3.99. The molecule has 0 bridgehead atoms. The molecule has 2 unspecified atom stereocenters. The SMILES string of the molecule is IC1CC=CC(C2CC2)N1Cc1ccccc1. The van der Waals surface area contributed by atoms with Crippen LogP contribution >= 0.6 is 22.6 Å². The molecule has 1 aromatic rings. The molecular formula is C15H18IN. The van der Waals surface area contributed by atoms with Gasteiger partial charge in [-0.25, -0.2) is 0 Å². The summed E-state index contributed by atoms with van der Waals surface area (Å²) in [6, 6.07) is 11.6. The lowest BCUT2D eigenvalue weighted by atomic mass is 10.0. The first-order valence-corrected chi connectivity index (χ1v) is 7.69. The Morgan fingerprint density at radius 3 is 2.65 bits per heavy atom. The molecule has 0 spiro atoms. The fraction of sp³-hybridized carbons (Fsp3) is 0.467. The Balaban J connectivity index is 1.76. The molecule has 1 nitrogen and oxygen atoms in total. The monoisotopic (exact) mass is 339 g/mol. The molecular weight excluding hydrogens is 321 g/mol. The van der Waals surface area contributed by atoms with Crippen LogP contribution in [-0.2, 0) is 6.54 Å². The molecule has 2 atom stereocenters. The summed E-state index contributed by atoms with van der Waals surface area (Å²) in [4.78, 5) is 2.67. The molecule has 17 heavy (non-hydrogen) atoms. The Hall–Kier alpha value is -0.350. The highest BCUT2D eigenvalue weighted by molar-refractivity contribution is 14.1. The minimum atomic E-state index is 0.656. The lowest BCUT2D eigenvalue weighted by Gasteiger charge is -2.36. The van der Waals surface area contributed by atoms with Gasteiger partial charge in [-0.2, -0.15) is 0 Å². The van der Waals surface area contributed by atoms with Crippen LogP contribution in [0.5, 0.6) is 0 Å². The molecule has 1 heterocycles. The Labute approximate surface area is 117 Å². The molecule has 1 aliphatic carbocycles. The van der Waals surface area contributed by atoms with Gasteiger partial charge in [0.1, 0.15) is 0 Å². The summed E-state index contributed by atoms with van der Waals surface area (Å²) < 4.78 is 0.656. The summed E-state index contributed by atoms with van der Waals surface area (Å²) in [7, 11) is 0.